The number of rotatable bonds is 1. The Morgan fingerprint density at radius 1 is 1.50 bits per heavy atom. The molecule has 0 amide bonds. The molecule has 2 rings (SSSR count). The molecule has 1 aliphatic heterocycles. The van der Waals surface area contributed by atoms with Crippen molar-refractivity contribution < 1.29 is 9.53 Å². The lowest BCUT2D eigenvalue weighted by Gasteiger charge is -2.13. The van der Waals surface area contributed by atoms with Crippen molar-refractivity contribution in [2.24, 2.45) is 0 Å². The summed E-state index contributed by atoms with van der Waals surface area (Å²) >= 11 is 5.95. The fourth-order valence-corrected chi connectivity index (χ4v) is 2.21. The van der Waals surface area contributed by atoms with Crippen LogP contribution in [0.15, 0.2) is 18.2 Å². The highest BCUT2D eigenvalue weighted by Crippen LogP contribution is 2.20. The Morgan fingerprint density at radius 3 is 3.06 bits per heavy atom. The van der Waals surface area contributed by atoms with Crippen molar-refractivity contribution in [2.45, 2.75) is 18.9 Å². The summed E-state index contributed by atoms with van der Waals surface area (Å²) in [6, 6.07) is 5.59. The zero-order chi connectivity index (χ0) is 11.5. The van der Waals surface area contributed by atoms with Gasteiger partial charge >= 0.3 is 5.97 Å². The van der Waals surface area contributed by atoms with Gasteiger partial charge in [-0.15, -0.1) is 0 Å². The summed E-state index contributed by atoms with van der Waals surface area (Å²) in [5.74, 6) is -0.215. The molecule has 0 bridgehead atoms. The lowest BCUT2D eigenvalue weighted by Crippen LogP contribution is -2.38. The van der Waals surface area contributed by atoms with E-state index in [1.165, 1.54) is 12.7 Å². The summed E-state index contributed by atoms with van der Waals surface area (Å²) in [7, 11) is 1.41. The number of carbonyl (C=O) groups excluding carboxylic acids is 1. The molecule has 16 heavy (non-hydrogen) atoms. The molecular weight excluding hydrogens is 226 g/mol. The molecule has 1 aliphatic rings. The van der Waals surface area contributed by atoms with Gasteiger partial charge in [-0.05, 0) is 42.6 Å². The van der Waals surface area contributed by atoms with Crippen LogP contribution in [0, 0.1) is 0 Å². The van der Waals surface area contributed by atoms with Gasteiger partial charge in [0.15, 0.2) is 0 Å². The third-order valence-corrected chi connectivity index (χ3v) is 3.10. The van der Waals surface area contributed by atoms with Gasteiger partial charge in [0.2, 0.25) is 0 Å². The third-order valence-electron chi connectivity index (χ3n) is 2.86. The first-order valence-corrected chi connectivity index (χ1v) is 5.67. The summed E-state index contributed by atoms with van der Waals surface area (Å²) in [6.07, 6.45) is 1.56. The summed E-state index contributed by atoms with van der Waals surface area (Å²) in [6.45, 7) is 0.786. The maximum absolute atomic E-state index is 11.5. The Morgan fingerprint density at radius 2 is 2.31 bits per heavy atom. The van der Waals surface area contributed by atoms with Crippen molar-refractivity contribution in [1.82, 2.24) is 5.32 Å². The van der Waals surface area contributed by atoms with Gasteiger partial charge in [-0.3, -0.25) is 4.79 Å². The lowest BCUT2D eigenvalue weighted by molar-refractivity contribution is -0.143. The molecule has 1 aromatic carbocycles. The number of nitrogens with one attached hydrogen (secondary N) is 1. The van der Waals surface area contributed by atoms with E-state index in [4.69, 9.17) is 16.3 Å². The number of carbonyl (C=O) groups is 1. The molecule has 0 fully saturated rings. The Kier molecular flexibility index (Phi) is 3.46. The maximum Gasteiger partial charge on any atom is 0.323 e. The third kappa shape index (κ3) is 2.36. The normalized spacial score (nSPS) is 19.8. The van der Waals surface area contributed by atoms with Gasteiger partial charge in [0, 0.05) is 5.02 Å². The van der Waals surface area contributed by atoms with Gasteiger partial charge in [-0.25, -0.2) is 0 Å². The van der Waals surface area contributed by atoms with E-state index in [9.17, 15) is 4.79 Å². The van der Waals surface area contributed by atoms with Crippen LogP contribution in [0.4, 0.5) is 0 Å². The van der Waals surface area contributed by atoms with Crippen LogP contribution in [0.25, 0.3) is 0 Å². The number of fused-ring (bicyclic) bond motifs is 1. The van der Waals surface area contributed by atoms with E-state index in [-0.39, 0.29) is 12.0 Å². The standard InChI is InChI=1S/C12H14ClNO2/c1-16-12(15)11-7-9-6-10(13)3-2-8(9)4-5-14-11/h2-3,6,11,14H,4-5,7H2,1H3. The number of methoxy groups -OCH3 is 1. The molecule has 0 aromatic heterocycles. The molecule has 1 atom stereocenters. The van der Waals surface area contributed by atoms with E-state index in [1.807, 2.05) is 18.2 Å². The molecule has 1 N–H and O–H groups in total. The topological polar surface area (TPSA) is 38.3 Å². The predicted molar refractivity (Wildman–Crippen MR) is 62.7 cm³/mol. The van der Waals surface area contributed by atoms with Gasteiger partial charge < -0.3 is 10.1 Å². The molecule has 0 saturated heterocycles. The highest BCUT2D eigenvalue weighted by Gasteiger charge is 2.22. The molecule has 1 heterocycles. The van der Waals surface area contributed by atoms with Crippen LogP contribution < -0.4 is 5.32 Å². The average molecular weight is 240 g/mol. The second kappa shape index (κ2) is 4.85. The number of hydrogen-bond donors (Lipinski definition) is 1. The predicted octanol–water partition coefficient (Wildman–Crippen LogP) is 1.57. The van der Waals surface area contributed by atoms with E-state index in [0.717, 1.165) is 18.5 Å². The first-order valence-electron chi connectivity index (χ1n) is 5.29. The van der Waals surface area contributed by atoms with Crippen LogP contribution >= 0.6 is 11.6 Å². The van der Waals surface area contributed by atoms with E-state index in [0.29, 0.717) is 11.4 Å². The quantitative estimate of drug-likeness (QED) is 0.756. The molecule has 0 spiro atoms. The van der Waals surface area contributed by atoms with Crippen LogP contribution in [-0.4, -0.2) is 25.7 Å². The van der Waals surface area contributed by atoms with Crippen molar-refractivity contribution in [3.63, 3.8) is 0 Å². The average Bonchev–Trinajstić information content (AvgIpc) is 2.49. The molecule has 4 heteroatoms. The summed E-state index contributed by atoms with van der Waals surface area (Å²) < 4.78 is 4.76. The largest absolute Gasteiger partial charge is 0.468 e. The van der Waals surface area contributed by atoms with E-state index < -0.39 is 0 Å². The molecule has 0 aliphatic carbocycles. The second-order valence-corrected chi connectivity index (χ2v) is 4.33. The zero-order valence-electron chi connectivity index (χ0n) is 9.13. The van der Waals surface area contributed by atoms with Crippen molar-refractivity contribution in [3.8, 4) is 0 Å². The van der Waals surface area contributed by atoms with Gasteiger partial charge in [-0.1, -0.05) is 17.7 Å². The molecule has 1 unspecified atom stereocenters. The lowest BCUT2D eigenvalue weighted by atomic mass is 10.0. The summed E-state index contributed by atoms with van der Waals surface area (Å²) in [5, 5.41) is 3.89. The Hall–Kier alpha value is -1.06. The van der Waals surface area contributed by atoms with Crippen molar-refractivity contribution >= 4 is 17.6 Å². The Bertz CT molecular complexity index is 406. The highest BCUT2D eigenvalue weighted by atomic mass is 35.5. The molecule has 3 nitrogen and oxygen atoms in total. The van der Waals surface area contributed by atoms with Crippen molar-refractivity contribution in [1.29, 1.82) is 0 Å². The van der Waals surface area contributed by atoms with Gasteiger partial charge in [0.1, 0.15) is 6.04 Å². The van der Waals surface area contributed by atoms with E-state index in [2.05, 4.69) is 5.32 Å². The fraction of sp³-hybridized carbons (Fsp3) is 0.417. The van der Waals surface area contributed by atoms with Crippen LogP contribution in [0.2, 0.25) is 5.02 Å². The molecular formula is C12H14ClNO2. The number of ether oxygens (including phenoxy) is 1. The van der Waals surface area contributed by atoms with E-state index in [1.54, 1.807) is 0 Å². The first-order chi connectivity index (χ1) is 7.70. The monoisotopic (exact) mass is 239 g/mol. The minimum Gasteiger partial charge on any atom is -0.468 e. The van der Waals surface area contributed by atoms with Crippen LogP contribution in [0.1, 0.15) is 11.1 Å². The first kappa shape index (κ1) is 11.4. The highest BCUT2D eigenvalue weighted by molar-refractivity contribution is 6.30. The summed E-state index contributed by atoms with van der Waals surface area (Å²) in [4.78, 5) is 11.5. The molecule has 0 radical (unpaired) electrons. The van der Waals surface area contributed by atoms with Crippen LogP contribution in [-0.2, 0) is 22.4 Å². The molecule has 86 valence electrons. The minimum atomic E-state index is -0.260. The molecule has 1 aromatic rings. The Labute approximate surface area is 99.7 Å². The van der Waals surface area contributed by atoms with Gasteiger partial charge in [0.25, 0.3) is 0 Å². The van der Waals surface area contributed by atoms with Gasteiger partial charge in [0.05, 0.1) is 7.11 Å². The van der Waals surface area contributed by atoms with Crippen LogP contribution in [0.3, 0.4) is 0 Å². The fourth-order valence-electron chi connectivity index (χ4n) is 2.01. The number of benzene rings is 1. The smallest absolute Gasteiger partial charge is 0.323 e. The Balaban J connectivity index is 2.25. The number of halogens is 1. The molecule has 0 saturated carbocycles. The van der Waals surface area contributed by atoms with Crippen LogP contribution in [0.5, 0.6) is 0 Å². The maximum atomic E-state index is 11.5. The SMILES string of the molecule is COC(=O)C1Cc2cc(Cl)ccc2CCN1. The minimum absolute atomic E-state index is 0.215. The van der Waals surface area contributed by atoms with Crippen molar-refractivity contribution in [3.05, 3.63) is 34.3 Å². The van der Waals surface area contributed by atoms with Crippen molar-refractivity contribution in [2.75, 3.05) is 13.7 Å². The van der Waals surface area contributed by atoms with E-state index >= 15 is 0 Å². The summed E-state index contributed by atoms with van der Waals surface area (Å²) in [5.41, 5.74) is 2.39. The number of hydrogen-bond acceptors (Lipinski definition) is 3. The number of esters is 1. The zero-order valence-corrected chi connectivity index (χ0v) is 9.88. The second-order valence-electron chi connectivity index (χ2n) is 3.90. The van der Waals surface area contributed by atoms with Gasteiger partial charge in [-0.2, -0.15) is 0 Å².